The number of hydrazine groups is 1. The molecule has 0 aliphatic carbocycles. The van der Waals surface area contributed by atoms with Crippen LogP contribution in [-0.2, 0) is 10.7 Å². The van der Waals surface area contributed by atoms with Gasteiger partial charge >= 0.3 is 5.24 Å². The molecule has 42 valence electrons. The van der Waals surface area contributed by atoms with Gasteiger partial charge in [-0.1, -0.05) is 0 Å². The van der Waals surface area contributed by atoms with Gasteiger partial charge in [0.1, 0.15) is 0 Å². The Kier molecular flexibility index (Phi) is 2.31. The lowest BCUT2D eigenvalue weighted by Crippen LogP contribution is -2.29. The Morgan fingerprint density at radius 1 is 1.57 bits per heavy atom. The van der Waals surface area contributed by atoms with Crippen LogP contribution in [-0.4, -0.2) is 13.7 Å². The van der Waals surface area contributed by atoms with Gasteiger partial charge < -0.3 is 0 Å². The van der Waals surface area contributed by atoms with Gasteiger partial charge in [-0.15, -0.1) is 0 Å². The van der Waals surface area contributed by atoms with E-state index in [9.17, 15) is 13.2 Å². The summed E-state index contributed by atoms with van der Waals surface area (Å²) in [5.74, 6) is 4.39. The Hall–Kier alpha value is -0.620. The summed E-state index contributed by atoms with van der Waals surface area (Å²) in [5, 5.41) is -1.17. The van der Waals surface area contributed by atoms with Crippen molar-refractivity contribution < 1.29 is 13.2 Å². The average molecular weight is 124 g/mol. The van der Waals surface area contributed by atoms with Gasteiger partial charge in [0.25, 0.3) is 0 Å². The maximum atomic E-state index is 9.68. The standard InChI is InChI=1S/CH4N2O3S/c2-3-1(4)7(5)6/h7H,2H2,(H,3,4). The number of carbonyl (C=O) groups is 1. The average Bonchev–Trinajstić information content (AvgIpc) is 1.65. The van der Waals surface area contributed by atoms with Crippen molar-refractivity contribution in [1.29, 1.82) is 0 Å². The fraction of sp³-hybridized carbons (Fsp3) is 0. The third-order valence-electron chi connectivity index (χ3n) is 0.289. The Labute approximate surface area is 41.4 Å². The van der Waals surface area contributed by atoms with E-state index < -0.39 is 15.9 Å². The van der Waals surface area contributed by atoms with E-state index in [0.29, 0.717) is 0 Å². The van der Waals surface area contributed by atoms with Crippen molar-refractivity contribution in [2.24, 2.45) is 5.84 Å². The van der Waals surface area contributed by atoms with Crippen LogP contribution in [0.15, 0.2) is 0 Å². The van der Waals surface area contributed by atoms with E-state index in [-0.39, 0.29) is 0 Å². The predicted molar refractivity (Wildman–Crippen MR) is 23.0 cm³/mol. The molecule has 0 radical (unpaired) electrons. The molecule has 0 aromatic rings. The van der Waals surface area contributed by atoms with Crippen LogP contribution in [0.3, 0.4) is 0 Å². The lowest BCUT2D eigenvalue weighted by Gasteiger charge is -1.81. The number of hydrogen-bond acceptors (Lipinski definition) is 4. The highest BCUT2D eigenvalue weighted by atomic mass is 32.2. The highest BCUT2D eigenvalue weighted by Crippen LogP contribution is 1.61. The lowest BCUT2D eigenvalue weighted by atomic mass is 11.4. The molecule has 0 aromatic heterocycles. The van der Waals surface area contributed by atoms with Crippen molar-refractivity contribution >= 4 is 15.9 Å². The molecule has 1 amide bonds. The molecule has 0 fully saturated rings. The minimum absolute atomic E-state index is 1.17. The molecule has 0 aromatic carbocycles. The van der Waals surface area contributed by atoms with Crippen LogP contribution in [0.2, 0.25) is 0 Å². The molecule has 0 atom stereocenters. The highest BCUT2D eigenvalue weighted by Gasteiger charge is 1.94. The molecule has 0 bridgehead atoms. The Balaban J connectivity index is 3.83. The molecule has 0 aliphatic heterocycles. The minimum atomic E-state index is -3.04. The van der Waals surface area contributed by atoms with E-state index in [4.69, 9.17) is 0 Å². The lowest BCUT2D eigenvalue weighted by molar-refractivity contribution is 0.259. The molecular formula is CH4N2O3S. The maximum Gasteiger partial charge on any atom is 0.347 e. The fourth-order valence-electron chi connectivity index (χ4n) is 0.0527. The number of amides is 1. The molecule has 0 rings (SSSR count). The Morgan fingerprint density at radius 3 is 2.00 bits per heavy atom. The summed E-state index contributed by atoms with van der Waals surface area (Å²) in [7, 11) is -3.04. The van der Waals surface area contributed by atoms with Crippen molar-refractivity contribution in [3.05, 3.63) is 0 Å². The third-order valence-corrected chi connectivity index (χ3v) is 0.750. The monoisotopic (exact) mass is 124 g/mol. The topological polar surface area (TPSA) is 89.3 Å². The molecule has 0 unspecified atom stereocenters. The molecule has 0 saturated heterocycles. The Bertz CT molecular complexity index is 130. The van der Waals surface area contributed by atoms with Gasteiger partial charge in [-0.25, -0.2) is 14.3 Å². The van der Waals surface area contributed by atoms with Gasteiger partial charge in [0.05, 0.1) is 0 Å². The number of carbonyl (C=O) groups excluding carboxylic acids is 1. The van der Waals surface area contributed by atoms with Crippen LogP contribution >= 0.6 is 0 Å². The van der Waals surface area contributed by atoms with Crippen LogP contribution in [0.4, 0.5) is 4.79 Å². The minimum Gasteiger partial charge on any atom is -0.281 e. The van der Waals surface area contributed by atoms with E-state index in [1.54, 1.807) is 0 Å². The number of thiol groups is 1. The summed E-state index contributed by atoms with van der Waals surface area (Å²) < 4.78 is 19.0. The third kappa shape index (κ3) is 2.12. The molecule has 0 aliphatic rings. The maximum absolute atomic E-state index is 9.68. The predicted octanol–water partition coefficient (Wildman–Crippen LogP) is -1.82. The zero-order valence-electron chi connectivity index (χ0n) is 3.25. The van der Waals surface area contributed by atoms with Gasteiger partial charge in [-0.05, 0) is 0 Å². The number of rotatable bonds is 0. The number of nitrogens with one attached hydrogen (secondary N) is 1. The zero-order chi connectivity index (χ0) is 5.86. The number of hydrogen-bond donors (Lipinski definition) is 3. The van der Waals surface area contributed by atoms with Crippen molar-refractivity contribution in [3.8, 4) is 0 Å². The van der Waals surface area contributed by atoms with Crippen LogP contribution in [0.5, 0.6) is 0 Å². The fourth-order valence-corrected chi connectivity index (χ4v) is 0.158. The van der Waals surface area contributed by atoms with Gasteiger partial charge in [-0.2, -0.15) is 0 Å². The second-order valence-corrected chi connectivity index (χ2v) is 1.63. The number of nitrogens with two attached hydrogens (primary N) is 1. The SMILES string of the molecule is NNC(=O)[SH](=O)=O. The van der Waals surface area contributed by atoms with E-state index >= 15 is 0 Å². The summed E-state index contributed by atoms with van der Waals surface area (Å²) in [6.07, 6.45) is 0. The summed E-state index contributed by atoms with van der Waals surface area (Å²) >= 11 is 0. The molecule has 5 nitrogen and oxygen atoms in total. The van der Waals surface area contributed by atoms with E-state index in [0.717, 1.165) is 0 Å². The first-order chi connectivity index (χ1) is 3.18. The second kappa shape index (κ2) is 2.54. The first-order valence-corrected chi connectivity index (χ1v) is 2.51. The van der Waals surface area contributed by atoms with E-state index in [1.165, 1.54) is 5.43 Å². The van der Waals surface area contributed by atoms with E-state index in [2.05, 4.69) is 5.84 Å². The van der Waals surface area contributed by atoms with Gasteiger partial charge in [0.15, 0.2) is 0 Å². The van der Waals surface area contributed by atoms with Crippen molar-refractivity contribution in [2.75, 3.05) is 0 Å². The smallest absolute Gasteiger partial charge is 0.281 e. The van der Waals surface area contributed by atoms with Gasteiger partial charge in [0.2, 0.25) is 10.7 Å². The molecule has 0 spiro atoms. The van der Waals surface area contributed by atoms with Crippen LogP contribution in [0.1, 0.15) is 0 Å². The van der Waals surface area contributed by atoms with Crippen LogP contribution < -0.4 is 11.3 Å². The molecular weight excluding hydrogens is 120 g/mol. The molecule has 0 heterocycles. The highest BCUT2D eigenvalue weighted by molar-refractivity contribution is 7.89. The summed E-state index contributed by atoms with van der Waals surface area (Å²) in [5.41, 5.74) is 1.43. The quantitative estimate of drug-likeness (QED) is 0.153. The summed E-state index contributed by atoms with van der Waals surface area (Å²) in [6.45, 7) is 0. The normalized spacial score (nSPS) is 8.86. The molecule has 7 heavy (non-hydrogen) atoms. The molecule has 3 N–H and O–H groups in total. The van der Waals surface area contributed by atoms with Crippen molar-refractivity contribution in [1.82, 2.24) is 5.43 Å². The largest absolute Gasteiger partial charge is 0.347 e. The summed E-state index contributed by atoms with van der Waals surface area (Å²) in [6, 6.07) is 0. The first kappa shape index (κ1) is 6.38. The van der Waals surface area contributed by atoms with Gasteiger partial charge in [-0.3, -0.25) is 10.2 Å². The second-order valence-electron chi connectivity index (χ2n) is 0.707. The molecule has 6 heteroatoms. The van der Waals surface area contributed by atoms with Crippen molar-refractivity contribution in [3.63, 3.8) is 0 Å². The van der Waals surface area contributed by atoms with Gasteiger partial charge in [0, 0.05) is 0 Å². The summed E-state index contributed by atoms with van der Waals surface area (Å²) in [4.78, 5) is 9.68. The zero-order valence-corrected chi connectivity index (χ0v) is 4.14. The first-order valence-electron chi connectivity index (χ1n) is 1.33. The van der Waals surface area contributed by atoms with Crippen LogP contribution in [0, 0.1) is 0 Å². The van der Waals surface area contributed by atoms with E-state index in [1.807, 2.05) is 0 Å². The van der Waals surface area contributed by atoms with Crippen molar-refractivity contribution in [2.45, 2.75) is 0 Å². The molecule has 0 saturated carbocycles. The van der Waals surface area contributed by atoms with Crippen LogP contribution in [0.25, 0.3) is 0 Å². The Morgan fingerprint density at radius 2 is 2.00 bits per heavy atom.